The highest BCUT2D eigenvalue weighted by atomic mass is 16.6. The minimum absolute atomic E-state index is 0.000210. The van der Waals surface area contributed by atoms with Crippen LogP contribution in [0.15, 0.2) is 18.2 Å². The van der Waals surface area contributed by atoms with Crippen molar-refractivity contribution in [2.45, 2.75) is 45.6 Å². The van der Waals surface area contributed by atoms with Gasteiger partial charge in [-0.3, -0.25) is 14.9 Å². The molecule has 4 atom stereocenters. The Bertz CT molecular complexity index is 614. The van der Waals surface area contributed by atoms with Gasteiger partial charge in [-0.05, 0) is 56.9 Å². The van der Waals surface area contributed by atoms with Crippen molar-refractivity contribution in [2.24, 2.45) is 17.8 Å². The number of hydrogen-bond donors (Lipinski definition) is 1. The zero-order valence-corrected chi connectivity index (χ0v) is 13.0. The zero-order valence-electron chi connectivity index (χ0n) is 13.0. The molecule has 2 aliphatic carbocycles. The van der Waals surface area contributed by atoms with Crippen LogP contribution < -0.4 is 5.32 Å². The van der Waals surface area contributed by atoms with Gasteiger partial charge in [0.2, 0.25) is 0 Å². The summed E-state index contributed by atoms with van der Waals surface area (Å²) in [5, 5.41) is 14.1. The zero-order chi connectivity index (χ0) is 15.9. The first-order valence-electron chi connectivity index (χ1n) is 8.02. The molecule has 0 spiro atoms. The Hall–Kier alpha value is -1.91. The molecule has 0 heterocycles. The Balaban J connectivity index is 1.72. The average molecular weight is 302 g/mol. The Labute approximate surface area is 130 Å². The predicted octanol–water partition coefficient (Wildman–Crippen LogP) is 3.46. The summed E-state index contributed by atoms with van der Waals surface area (Å²) in [6.45, 7) is 3.70. The fourth-order valence-electron chi connectivity index (χ4n) is 4.37. The van der Waals surface area contributed by atoms with E-state index >= 15 is 0 Å². The molecule has 3 rings (SSSR count). The first kappa shape index (κ1) is 15.0. The maximum absolute atomic E-state index is 12.5. The number of carbonyl (C=O) groups excluding carboxylic acids is 1. The van der Waals surface area contributed by atoms with Gasteiger partial charge in [-0.2, -0.15) is 0 Å². The van der Waals surface area contributed by atoms with Gasteiger partial charge in [-0.25, -0.2) is 0 Å². The van der Waals surface area contributed by atoms with Crippen LogP contribution in [0.5, 0.6) is 0 Å². The van der Waals surface area contributed by atoms with E-state index in [0.717, 1.165) is 11.8 Å². The molecular weight excluding hydrogens is 280 g/mol. The number of nitrogens with zero attached hydrogens (tertiary/aromatic N) is 1. The molecule has 0 saturated heterocycles. The molecule has 1 aromatic rings. The lowest BCUT2D eigenvalue weighted by molar-refractivity contribution is -0.385. The van der Waals surface area contributed by atoms with Gasteiger partial charge in [0.25, 0.3) is 11.6 Å². The second-order valence-electron chi connectivity index (χ2n) is 6.81. The van der Waals surface area contributed by atoms with Crippen molar-refractivity contribution in [3.05, 3.63) is 39.4 Å². The summed E-state index contributed by atoms with van der Waals surface area (Å²) in [6, 6.07) is 4.79. The molecule has 22 heavy (non-hydrogen) atoms. The fraction of sp³-hybridized carbons (Fsp3) is 0.588. The van der Waals surface area contributed by atoms with E-state index in [1.807, 2.05) is 0 Å². The van der Waals surface area contributed by atoms with E-state index in [2.05, 4.69) is 12.2 Å². The summed E-state index contributed by atoms with van der Waals surface area (Å²) in [6.07, 6.45) is 5.14. The molecule has 1 amide bonds. The van der Waals surface area contributed by atoms with Crippen molar-refractivity contribution < 1.29 is 9.72 Å². The second-order valence-corrected chi connectivity index (χ2v) is 6.81. The van der Waals surface area contributed by atoms with Gasteiger partial charge in [-0.1, -0.05) is 12.5 Å². The van der Waals surface area contributed by atoms with Crippen LogP contribution in [0.4, 0.5) is 5.69 Å². The molecular formula is C17H22N2O3. The molecule has 2 bridgehead atoms. The van der Waals surface area contributed by atoms with Crippen LogP contribution in [0.1, 0.15) is 48.5 Å². The number of carbonyl (C=O) groups is 1. The third-order valence-corrected chi connectivity index (χ3v) is 5.54. The summed E-state index contributed by atoms with van der Waals surface area (Å²) < 4.78 is 0. The van der Waals surface area contributed by atoms with Crippen molar-refractivity contribution in [2.75, 3.05) is 0 Å². The topological polar surface area (TPSA) is 72.2 Å². The number of rotatable bonds is 4. The molecule has 1 aromatic carbocycles. The molecule has 2 fully saturated rings. The van der Waals surface area contributed by atoms with Gasteiger partial charge in [0.15, 0.2) is 0 Å². The quantitative estimate of drug-likeness (QED) is 0.684. The minimum atomic E-state index is -0.439. The molecule has 1 N–H and O–H groups in total. The normalized spacial score (nSPS) is 27.6. The molecule has 0 aromatic heterocycles. The average Bonchev–Trinajstić information content (AvgIpc) is 3.09. The lowest BCUT2D eigenvalue weighted by Gasteiger charge is -2.28. The molecule has 118 valence electrons. The highest BCUT2D eigenvalue weighted by Crippen LogP contribution is 2.49. The number of fused-ring (bicyclic) bond motifs is 2. The molecule has 0 unspecified atom stereocenters. The van der Waals surface area contributed by atoms with E-state index in [4.69, 9.17) is 0 Å². The number of nitro groups is 1. The van der Waals surface area contributed by atoms with Crippen LogP contribution in [-0.4, -0.2) is 16.9 Å². The SMILES string of the molecule is Cc1c(C(=O)N[C@H](C)[C@@H]2C[C@H]3CC[C@H]2C3)cccc1[N+](=O)[O-]. The van der Waals surface area contributed by atoms with E-state index in [1.54, 1.807) is 19.1 Å². The third-order valence-electron chi connectivity index (χ3n) is 5.54. The monoisotopic (exact) mass is 302 g/mol. The van der Waals surface area contributed by atoms with E-state index in [1.165, 1.54) is 31.7 Å². The maximum Gasteiger partial charge on any atom is 0.273 e. The van der Waals surface area contributed by atoms with Crippen molar-refractivity contribution >= 4 is 11.6 Å². The summed E-state index contributed by atoms with van der Waals surface area (Å²) in [5.41, 5.74) is 0.842. The van der Waals surface area contributed by atoms with Gasteiger partial charge < -0.3 is 5.32 Å². The van der Waals surface area contributed by atoms with Crippen molar-refractivity contribution in [3.63, 3.8) is 0 Å². The molecule has 2 saturated carbocycles. The van der Waals surface area contributed by atoms with Crippen LogP contribution in [0.25, 0.3) is 0 Å². The fourth-order valence-corrected chi connectivity index (χ4v) is 4.37. The third kappa shape index (κ3) is 2.60. The van der Waals surface area contributed by atoms with Gasteiger partial charge in [0.05, 0.1) is 4.92 Å². The lowest BCUT2D eigenvalue weighted by atomic mass is 9.84. The second kappa shape index (κ2) is 5.71. The number of hydrogen-bond acceptors (Lipinski definition) is 3. The van der Waals surface area contributed by atoms with Crippen molar-refractivity contribution in [3.8, 4) is 0 Å². The molecule has 5 heteroatoms. The van der Waals surface area contributed by atoms with Crippen molar-refractivity contribution in [1.82, 2.24) is 5.32 Å². The number of benzene rings is 1. The standard InChI is InChI=1S/C17H22N2O3/c1-10-14(4-3-5-16(10)19(21)22)17(20)18-11(2)15-9-12-6-7-13(15)8-12/h3-5,11-13,15H,6-9H2,1-2H3,(H,18,20)/t11-,12+,13+,15+/m1/s1. The number of amides is 1. The van der Waals surface area contributed by atoms with Crippen LogP contribution >= 0.6 is 0 Å². The lowest BCUT2D eigenvalue weighted by Crippen LogP contribution is -2.40. The Kier molecular flexibility index (Phi) is 3.89. The Morgan fingerprint density at radius 3 is 2.73 bits per heavy atom. The largest absolute Gasteiger partial charge is 0.349 e. The van der Waals surface area contributed by atoms with Crippen LogP contribution in [0.3, 0.4) is 0 Å². The maximum atomic E-state index is 12.5. The Morgan fingerprint density at radius 1 is 1.36 bits per heavy atom. The van der Waals surface area contributed by atoms with E-state index < -0.39 is 4.92 Å². The van der Waals surface area contributed by atoms with E-state index in [-0.39, 0.29) is 17.6 Å². The molecule has 0 aliphatic heterocycles. The van der Waals surface area contributed by atoms with E-state index in [9.17, 15) is 14.9 Å². The van der Waals surface area contributed by atoms with Gasteiger partial charge in [0, 0.05) is 23.2 Å². The predicted molar refractivity (Wildman–Crippen MR) is 83.7 cm³/mol. The highest BCUT2D eigenvalue weighted by molar-refractivity contribution is 5.96. The highest BCUT2D eigenvalue weighted by Gasteiger charge is 2.42. The van der Waals surface area contributed by atoms with Crippen LogP contribution in [0.2, 0.25) is 0 Å². The number of nitro benzene ring substituents is 1. The van der Waals surface area contributed by atoms with Crippen LogP contribution in [-0.2, 0) is 0 Å². The summed E-state index contributed by atoms with van der Waals surface area (Å²) in [4.78, 5) is 23.0. The smallest absolute Gasteiger partial charge is 0.273 e. The first-order chi connectivity index (χ1) is 10.5. The summed E-state index contributed by atoms with van der Waals surface area (Å²) in [7, 11) is 0. The minimum Gasteiger partial charge on any atom is -0.349 e. The van der Waals surface area contributed by atoms with Crippen molar-refractivity contribution in [1.29, 1.82) is 0 Å². The van der Waals surface area contributed by atoms with Gasteiger partial charge >= 0.3 is 0 Å². The summed E-state index contributed by atoms with van der Waals surface area (Å²) >= 11 is 0. The van der Waals surface area contributed by atoms with Gasteiger partial charge in [-0.15, -0.1) is 0 Å². The van der Waals surface area contributed by atoms with Gasteiger partial charge in [0.1, 0.15) is 0 Å². The Morgan fingerprint density at radius 2 is 2.14 bits per heavy atom. The van der Waals surface area contributed by atoms with E-state index in [0.29, 0.717) is 17.0 Å². The molecule has 2 aliphatic rings. The number of nitrogens with one attached hydrogen (secondary N) is 1. The van der Waals surface area contributed by atoms with Crippen LogP contribution in [0, 0.1) is 34.8 Å². The molecule has 5 nitrogen and oxygen atoms in total. The summed E-state index contributed by atoms with van der Waals surface area (Å²) in [5.74, 6) is 1.94. The first-order valence-corrected chi connectivity index (χ1v) is 8.02. The molecule has 0 radical (unpaired) electrons.